The average Bonchev–Trinajstić information content (AvgIpc) is 2.39. The van der Waals surface area contributed by atoms with E-state index in [0.717, 1.165) is 10.9 Å². The van der Waals surface area contributed by atoms with Crippen molar-refractivity contribution in [3.05, 3.63) is 22.1 Å². The van der Waals surface area contributed by atoms with E-state index in [0.29, 0.717) is 30.4 Å². The zero-order valence-electron chi connectivity index (χ0n) is 10.8. The van der Waals surface area contributed by atoms with Gasteiger partial charge in [0.15, 0.2) is 5.75 Å². The average molecular weight is 261 g/mol. The van der Waals surface area contributed by atoms with Crippen molar-refractivity contribution in [3.63, 3.8) is 0 Å². The van der Waals surface area contributed by atoms with E-state index < -0.39 is 0 Å². The molecule has 6 heteroatoms. The number of pyridine rings is 2. The molecule has 2 aromatic heterocycles. The van der Waals surface area contributed by atoms with Crippen LogP contribution in [0.3, 0.4) is 0 Å². The maximum atomic E-state index is 11.8. The minimum absolute atomic E-state index is 0.0989. The van der Waals surface area contributed by atoms with Gasteiger partial charge in [-0.25, -0.2) is 4.98 Å². The Morgan fingerprint density at radius 1 is 1.37 bits per heavy atom. The normalized spacial score (nSPS) is 14.1. The molecule has 0 bridgehead atoms. The van der Waals surface area contributed by atoms with Gasteiger partial charge in [0.2, 0.25) is 0 Å². The first-order chi connectivity index (χ1) is 9.09. The van der Waals surface area contributed by atoms with Crippen molar-refractivity contribution in [1.82, 2.24) is 9.97 Å². The quantitative estimate of drug-likeness (QED) is 0.809. The van der Waals surface area contributed by atoms with E-state index in [9.17, 15) is 4.79 Å². The molecule has 3 rings (SSSR count). The highest BCUT2D eigenvalue weighted by atomic mass is 16.6. The number of nitrogens with one attached hydrogen (secondary N) is 1. The first kappa shape index (κ1) is 11.8. The Morgan fingerprint density at radius 2 is 2.11 bits per heavy atom. The lowest BCUT2D eigenvalue weighted by molar-refractivity contribution is 0.167. The van der Waals surface area contributed by atoms with Gasteiger partial charge in [-0.1, -0.05) is 13.8 Å². The molecule has 3 heterocycles. The van der Waals surface area contributed by atoms with Crippen molar-refractivity contribution in [2.24, 2.45) is 0 Å². The van der Waals surface area contributed by atoms with Crippen molar-refractivity contribution in [2.75, 3.05) is 18.9 Å². The lowest BCUT2D eigenvalue weighted by atomic mass is 9.97. The summed E-state index contributed by atoms with van der Waals surface area (Å²) in [4.78, 5) is 18.7. The van der Waals surface area contributed by atoms with Crippen LogP contribution in [0.2, 0.25) is 0 Å². The Labute approximate surface area is 109 Å². The van der Waals surface area contributed by atoms with Crippen molar-refractivity contribution >= 4 is 16.6 Å². The van der Waals surface area contributed by atoms with Crippen LogP contribution in [0, 0.1) is 0 Å². The summed E-state index contributed by atoms with van der Waals surface area (Å²) >= 11 is 0. The van der Waals surface area contributed by atoms with E-state index in [4.69, 9.17) is 15.2 Å². The maximum absolute atomic E-state index is 11.8. The largest absolute Gasteiger partial charge is 0.484 e. The highest BCUT2D eigenvalue weighted by Crippen LogP contribution is 2.40. The predicted molar refractivity (Wildman–Crippen MR) is 71.9 cm³/mol. The number of aromatic amines is 1. The fraction of sp³-hybridized carbons (Fsp3) is 0.385. The number of hydrogen-bond donors (Lipinski definition) is 2. The number of nitrogens with zero attached hydrogens (tertiary/aromatic N) is 1. The highest BCUT2D eigenvalue weighted by molar-refractivity contribution is 5.93. The summed E-state index contributed by atoms with van der Waals surface area (Å²) in [7, 11) is 0. The molecule has 0 unspecified atom stereocenters. The van der Waals surface area contributed by atoms with Crippen molar-refractivity contribution in [1.29, 1.82) is 0 Å². The number of aromatic nitrogens is 2. The Balaban J connectivity index is 2.47. The van der Waals surface area contributed by atoms with Crippen LogP contribution in [-0.4, -0.2) is 23.2 Å². The van der Waals surface area contributed by atoms with Crippen LogP contribution >= 0.6 is 0 Å². The topological polar surface area (TPSA) is 90.2 Å². The summed E-state index contributed by atoms with van der Waals surface area (Å²) in [6, 6.07) is 0. The zero-order valence-corrected chi connectivity index (χ0v) is 10.8. The monoisotopic (exact) mass is 261 g/mol. The molecule has 0 aromatic carbocycles. The van der Waals surface area contributed by atoms with Gasteiger partial charge in [-0.05, 0) is 11.5 Å². The third-order valence-corrected chi connectivity index (χ3v) is 3.20. The number of nitrogens with two attached hydrogens (primary N) is 1. The van der Waals surface area contributed by atoms with E-state index in [-0.39, 0.29) is 17.2 Å². The van der Waals surface area contributed by atoms with E-state index >= 15 is 0 Å². The number of hydrogen-bond acceptors (Lipinski definition) is 5. The molecule has 2 aromatic rings. The van der Waals surface area contributed by atoms with E-state index in [1.807, 2.05) is 13.8 Å². The molecular weight excluding hydrogens is 246 g/mol. The molecule has 100 valence electrons. The first-order valence-corrected chi connectivity index (χ1v) is 6.19. The fourth-order valence-electron chi connectivity index (χ4n) is 2.40. The lowest BCUT2D eigenvalue weighted by Gasteiger charge is -2.21. The predicted octanol–water partition coefficient (Wildman–Crippen LogP) is 1.40. The fourth-order valence-corrected chi connectivity index (χ4v) is 2.40. The van der Waals surface area contributed by atoms with Crippen LogP contribution in [0.25, 0.3) is 10.9 Å². The Hall–Kier alpha value is -2.24. The van der Waals surface area contributed by atoms with Crippen LogP contribution in [0.4, 0.5) is 5.69 Å². The Morgan fingerprint density at radius 3 is 2.84 bits per heavy atom. The molecule has 3 N–H and O–H groups in total. The zero-order chi connectivity index (χ0) is 13.6. The summed E-state index contributed by atoms with van der Waals surface area (Å²) < 4.78 is 11.1. The van der Waals surface area contributed by atoms with Crippen LogP contribution in [0.5, 0.6) is 11.6 Å². The van der Waals surface area contributed by atoms with Gasteiger partial charge in [-0.3, -0.25) is 4.79 Å². The highest BCUT2D eigenvalue weighted by Gasteiger charge is 2.23. The molecule has 19 heavy (non-hydrogen) atoms. The summed E-state index contributed by atoms with van der Waals surface area (Å²) in [6.45, 7) is 4.91. The molecule has 1 aliphatic rings. The van der Waals surface area contributed by atoms with Crippen LogP contribution < -0.4 is 20.8 Å². The second-order valence-corrected chi connectivity index (χ2v) is 4.81. The number of rotatable bonds is 1. The molecule has 1 aliphatic heterocycles. The second kappa shape index (κ2) is 4.15. The number of anilines is 1. The number of fused-ring (bicyclic) bond motifs is 3. The summed E-state index contributed by atoms with van der Waals surface area (Å²) in [5, 5.41) is 0.789. The van der Waals surface area contributed by atoms with Crippen molar-refractivity contribution < 1.29 is 9.47 Å². The van der Waals surface area contributed by atoms with Gasteiger partial charge in [0, 0.05) is 0 Å². The number of nitrogen functional groups attached to an aromatic ring is 1. The van der Waals surface area contributed by atoms with E-state index in [1.54, 1.807) is 6.20 Å². The van der Waals surface area contributed by atoms with Gasteiger partial charge in [-0.2, -0.15) is 0 Å². The molecule has 0 fully saturated rings. The van der Waals surface area contributed by atoms with E-state index in [1.165, 1.54) is 0 Å². The van der Waals surface area contributed by atoms with Gasteiger partial charge in [0.1, 0.15) is 18.9 Å². The van der Waals surface area contributed by atoms with Crippen molar-refractivity contribution in [2.45, 2.75) is 19.8 Å². The van der Waals surface area contributed by atoms with Crippen LogP contribution in [-0.2, 0) is 0 Å². The molecule has 6 nitrogen and oxygen atoms in total. The Bertz CT molecular complexity index is 706. The van der Waals surface area contributed by atoms with Crippen molar-refractivity contribution in [3.8, 4) is 11.6 Å². The van der Waals surface area contributed by atoms with E-state index in [2.05, 4.69) is 9.97 Å². The van der Waals surface area contributed by atoms with Gasteiger partial charge in [0.05, 0.1) is 17.1 Å². The first-order valence-electron chi connectivity index (χ1n) is 6.19. The standard InChI is InChI=1S/C13H15N3O3/c1-6(2)8-9-7(16-12(17)10(8)14)5-15-13-11(9)18-3-4-19-13/h5-6H,3-4,14H2,1-2H3,(H,16,17). The molecule has 0 spiro atoms. The molecule has 0 saturated carbocycles. The van der Waals surface area contributed by atoms with Gasteiger partial charge < -0.3 is 20.2 Å². The smallest absolute Gasteiger partial charge is 0.271 e. The van der Waals surface area contributed by atoms with Gasteiger partial charge >= 0.3 is 0 Å². The molecule has 0 saturated heterocycles. The summed E-state index contributed by atoms with van der Waals surface area (Å²) in [5.74, 6) is 1.12. The molecular formula is C13H15N3O3. The number of H-pyrrole nitrogens is 1. The number of ether oxygens (including phenoxy) is 2. The second-order valence-electron chi connectivity index (χ2n) is 4.81. The summed E-state index contributed by atoms with van der Waals surface area (Å²) in [6.07, 6.45) is 1.58. The third kappa shape index (κ3) is 1.71. The lowest BCUT2D eigenvalue weighted by Crippen LogP contribution is -2.20. The molecule has 0 atom stereocenters. The van der Waals surface area contributed by atoms with Gasteiger partial charge in [-0.15, -0.1) is 0 Å². The summed E-state index contributed by atoms with van der Waals surface area (Å²) in [5.41, 5.74) is 7.25. The van der Waals surface area contributed by atoms with Crippen LogP contribution in [0.15, 0.2) is 11.0 Å². The minimum Gasteiger partial charge on any atom is -0.484 e. The SMILES string of the molecule is CC(C)c1c(N)c(=O)[nH]c2cnc3c(c12)OCCO3. The molecule has 0 amide bonds. The third-order valence-electron chi connectivity index (χ3n) is 3.20. The molecule has 0 radical (unpaired) electrons. The molecule has 0 aliphatic carbocycles. The minimum atomic E-state index is -0.297. The Kier molecular flexibility index (Phi) is 2.58. The maximum Gasteiger partial charge on any atom is 0.271 e. The van der Waals surface area contributed by atoms with Crippen LogP contribution in [0.1, 0.15) is 25.3 Å². The van der Waals surface area contributed by atoms with Gasteiger partial charge in [0.25, 0.3) is 11.4 Å².